The summed E-state index contributed by atoms with van der Waals surface area (Å²) in [5.74, 6) is -0.643. The first-order valence-electron chi connectivity index (χ1n) is 4.96. The molecular weight excluding hydrogens is 242 g/mol. The van der Waals surface area contributed by atoms with E-state index in [1.807, 2.05) is 0 Å². The zero-order chi connectivity index (χ0) is 13.1. The summed E-state index contributed by atoms with van der Waals surface area (Å²) in [6.07, 6.45) is 1.72. The van der Waals surface area contributed by atoms with Crippen LogP contribution in [0.5, 0.6) is 0 Å². The second-order valence-corrected chi connectivity index (χ2v) is 3.40. The zero-order valence-corrected chi connectivity index (χ0v) is 9.36. The maximum atomic E-state index is 11.3. The van der Waals surface area contributed by atoms with Gasteiger partial charge in [-0.25, -0.2) is 4.79 Å². The number of hydrogen-bond acceptors (Lipinski definition) is 6. The Morgan fingerprint density at radius 1 is 1.39 bits per heavy atom. The largest absolute Gasteiger partial charge is 0.465 e. The number of nitro benzene ring substituents is 1. The molecule has 0 spiro atoms. The van der Waals surface area contributed by atoms with E-state index >= 15 is 0 Å². The molecule has 0 amide bonds. The molecule has 0 aromatic heterocycles. The Kier molecular flexibility index (Phi) is 3.13. The topological polar surface area (TPSA) is 87.9 Å². The molecule has 1 heterocycles. The van der Waals surface area contributed by atoms with Crippen LogP contribution in [0.25, 0.3) is 0 Å². The van der Waals surface area contributed by atoms with Crippen LogP contribution in [0.15, 0.2) is 30.7 Å². The molecule has 0 aliphatic carbocycles. The third-order valence-corrected chi connectivity index (χ3v) is 2.36. The first-order valence-corrected chi connectivity index (χ1v) is 4.96. The van der Waals surface area contributed by atoms with E-state index in [4.69, 9.17) is 9.47 Å². The molecular formula is C11H9NO6. The minimum atomic E-state index is -0.864. The molecule has 0 saturated carbocycles. The molecule has 2 rings (SSSR count). The van der Waals surface area contributed by atoms with Crippen molar-refractivity contribution in [2.45, 2.75) is 6.29 Å². The average Bonchev–Trinajstić information content (AvgIpc) is 2.90. The lowest BCUT2D eigenvalue weighted by atomic mass is 10.1. The molecule has 0 atom stereocenters. The summed E-state index contributed by atoms with van der Waals surface area (Å²) in [6, 6.07) is 3.95. The minimum absolute atomic E-state index is 0.0962. The summed E-state index contributed by atoms with van der Waals surface area (Å²) < 4.78 is 14.6. The van der Waals surface area contributed by atoms with Gasteiger partial charge in [-0.2, -0.15) is 0 Å². The fourth-order valence-electron chi connectivity index (χ4n) is 1.53. The molecule has 1 aromatic rings. The summed E-state index contributed by atoms with van der Waals surface area (Å²) in [5, 5.41) is 11.0. The number of ether oxygens (including phenoxy) is 3. The molecule has 7 nitrogen and oxygen atoms in total. The van der Waals surface area contributed by atoms with Crippen LogP contribution >= 0.6 is 0 Å². The quantitative estimate of drug-likeness (QED) is 0.463. The van der Waals surface area contributed by atoms with Gasteiger partial charge in [-0.05, 0) is 12.1 Å². The highest BCUT2D eigenvalue weighted by Crippen LogP contribution is 2.32. The maximum Gasteiger partial charge on any atom is 0.338 e. The predicted molar refractivity (Wildman–Crippen MR) is 58.5 cm³/mol. The molecule has 0 unspecified atom stereocenters. The van der Waals surface area contributed by atoms with Crippen molar-refractivity contribution in [1.29, 1.82) is 0 Å². The van der Waals surface area contributed by atoms with E-state index < -0.39 is 17.2 Å². The van der Waals surface area contributed by atoms with E-state index in [1.165, 1.54) is 31.8 Å². The van der Waals surface area contributed by atoms with Crippen LogP contribution in [-0.2, 0) is 14.2 Å². The molecule has 1 aromatic carbocycles. The van der Waals surface area contributed by atoms with Crippen molar-refractivity contribution < 1.29 is 23.9 Å². The predicted octanol–water partition coefficient (Wildman–Crippen LogP) is 1.90. The Labute approximate surface area is 102 Å². The van der Waals surface area contributed by atoms with Gasteiger partial charge in [-0.3, -0.25) is 10.1 Å². The van der Waals surface area contributed by atoms with Gasteiger partial charge >= 0.3 is 5.97 Å². The Morgan fingerprint density at radius 3 is 2.61 bits per heavy atom. The van der Waals surface area contributed by atoms with Gasteiger partial charge in [0.1, 0.15) is 18.1 Å². The zero-order valence-electron chi connectivity index (χ0n) is 9.36. The average molecular weight is 251 g/mol. The molecule has 1 aliphatic heterocycles. The van der Waals surface area contributed by atoms with Gasteiger partial charge in [-0.1, -0.05) is 0 Å². The van der Waals surface area contributed by atoms with Gasteiger partial charge in [0.25, 0.3) is 12.0 Å². The van der Waals surface area contributed by atoms with Gasteiger partial charge < -0.3 is 14.2 Å². The number of nitrogens with zero attached hydrogens (tertiary/aromatic N) is 1. The highest BCUT2D eigenvalue weighted by Gasteiger charge is 2.27. The van der Waals surface area contributed by atoms with E-state index in [0.717, 1.165) is 6.07 Å². The Morgan fingerprint density at radius 2 is 2.06 bits per heavy atom. The van der Waals surface area contributed by atoms with Crippen LogP contribution in [0.1, 0.15) is 22.2 Å². The van der Waals surface area contributed by atoms with Crippen molar-refractivity contribution in [2.75, 3.05) is 7.11 Å². The van der Waals surface area contributed by atoms with Crippen LogP contribution in [0.4, 0.5) is 5.69 Å². The SMILES string of the molecule is COC(=O)c1ccc(C2OC=CO2)c([N+](=O)[O-])c1. The highest BCUT2D eigenvalue weighted by molar-refractivity contribution is 5.90. The summed E-state index contributed by atoms with van der Waals surface area (Å²) in [7, 11) is 1.20. The molecule has 0 radical (unpaired) electrons. The smallest absolute Gasteiger partial charge is 0.338 e. The molecule has 1 aliphatic rings. The number of carbonyl (C=O) groups is 1. The van der Waals surface area contributed by atoms with Crippen molar-refractivity contribution in [3.8, 4) is 0 Å². The van der Waals surface area contributed by atoms with Gasteiger partial charge in [0.05, 0.1) is 17.6 Å². The van der Waals surface area contributed by atoms with Gasteiger partial charge in [0.2, 0.25) is 0 Å². The number of nitro groups is 1. The standard InChI is InChI=1S/C11H9NO6/c1-16-10(13)7-2-3-8(9(6-7)12(14)15)11-17-4-5-18-11/h2-6,11H,1H3. The van der Waals surface area contributed by atoms with E-state index in [0.29, 0.717) is 0 Å². The lowest BCUT2D eigenvalue weighted by molar-refractivity contribution is -0.386. The normalized spacial score (nSPS) is 13.8. The van der Waals surface area contributed by atoms with Crippen molar-refractivity contribution >= 4 is 11.7 Å². The molecule has 0 bridgehead atoms. The van der Waals surface area contributed by atoms with Gasteiger partial charge in [0, 0.05) is 6.07 Å². The lowest BCUT2D eigenvalue weighted by Gasteiger charge is -2.11. The van der Waals surface area contributed by atoms with Crippen LogP contribution in [-0.4, -0.2) is 18.0 Å². The third-order valence-electron chi connectivity index (χ3n) is 2.36. The van der Waals surface area contributed by atoms with Crippen LogP contribution in [0, 0.1) is 10.1 Å². The van der Waals surface area contributed by atoms with Crippen LogP contribution in [0.2, 0.25) is 0 Å². The molecule has 94 valence electrons. The van der Waals surface area contributed by atoms with Gasteiger partial charge in [0.15, 0.2) is 0 Å². The number of esters is 1. The Balaban J connectivity index is 2.41. The molecule has 18 heavy (non-hydrogen) atoms. The van der Waals surface area contributed by atoms with E-state index in [9.17, 15) is 14.9 Å². The van der Waals surface area contributed by atoms with Crippen LogP contribution in [0.3, 0.4) is 0 Å². The van der Waals surface area contributed by atoms with Crippen molar-refractivity contribution in [1.82, 2.24) is 0 Å². The number of carbonyl (C=O) groups excluding carboxylic acids is 1. The fraction of sp³-hybridized carbons (Fsp3) is 0.182. The number of hydrogen-bond donors (Lipinski definition) is 0. The van der Waals surface area contributed by atoms with Crippen molar-refractivity contribution in [3.05, 3.63) is 52.0 Å². The first kappa shape index (κ1) is 11.9. The summed E-state index contributed by atoms with van der Waals surface area (Å²) in [6.45, 7) is 0. The Hall–Kier alpha value is -2.57. The number of benzene rings is 1. The van der Waals surface area contributed by atoms with E-state index in [1.54, 1.807) is 0 Å². The molecule has 7 heteroatoms. The minimum Gasteiger partial charge on any atom is -0.465 e. The van der Waals surface area contributed by atoms with Crippen molar-refractivity contribution in [3.63, 3.8) is 0 Å². The monoisotopic (exact) mass is 251 g/mol. The summed E-state index contributed by atoms with van der Waals surface area (Å²) in [5.41, 5.74) is 0.0724. The molecule has 0 N–H and O–H groups in total. The molecule has 0 saturated heterocycles. The lowest BCUT2D eigenvalue weighted by Crippen LogP contribution is -2.07. The van der Waals surface area contributed by atoms with Crippen LogP contribution < -0.4 is 0 Å². The van der Waals surface area contributed by atoms with E-state index in [2.05, 4.69) is 4.74 Å². The second-order valence-electron chi connectivity index (χ2n) is 3.40. The first-order chi connectivity index (χ1) is 8.63. The second kappa shape index (κ2) is 4.74. The van der Waals surface area contributed by atoms with Crippen molar-refractivity contribution in [2.24, 2.45) is 0 Å². The fourth-order valence-corrected chi connectivity index (χ4v) is 1.53. The number of methoxy groups -OCH3 is 1. The highest BCUT2D eigenvalue weighted by atomic mass is 16.7. The maximum absolute atomic E-state index is 11.3. The van der Waals surface area contributed by atoms with E-state index in [-0.39, 0.29) is 16.8 Å². The van der Waals surface area contributed by atoms with Gasteiger partial charge in [-0.15, -0.1) is 0 Å². The Bertz CT molecular complexity index is 516. The summed E-state index contributed by atoms with van der Waals surface area (Å²) >= 11 is 0. The third kappa shape index (κ3) is 2.10. The number of rotatable bonds is 3. The molecule has 0 fully saturated rings. The summed E-state index contributed by atoms with van der Waals surface area (Å²) in [4.78, 5) is 21.7.